The Labute approximate surface area is 201 Å². The summed E-state index contributed by atoms with van der Waals surface area (Å²) in [5.74, 6) is 0.282. The highest BCUT2D eigenvalue weighted by Gasteiger charge is 2.27. The van der Waals surface area contributed by atoms with Crippen molar-refractivity contribution in [3.8, 4) is 5.69 Å². The lowest BCUT2D eigenvalue weighted by Gasteiger charge is -2.23. The van der Waals surface area contributed by atoms with E-state index in [4.69, 9.17) is 0 Å². The van der Waals surface area contributed by atoms with Crippen LogP contribution in [0.2, 0.25) is 0 Å². The minimum absolute atomic E-state index is 0.145. The lowest BCUT2D eigenvalue weighted by Crippen LogP contribution is -2.53. The van der Waals surface area contributed by atoms with Gasteiger partial charge in [-0.3, -0.25) is 19.5 Å². The minimum Gasteiger partial charge on any atom is -0.334 e. The molecule has 1 saturated heterocycles. The van der Waals surface area contributed by atoms with Crippen LogP contribution in [0.5, 0.6) is 0 Å². The van der Waals surface area contributed by atoms with E-state index in [1.807, 2.05) is 67.8 Å². The van der Waals surface area contributed by atoms with Gasteiger partial charge in [-0.1, -0.05) is 41.6 Å². The summed E-state index contributed by atoms with van der Waals surface area (Å²) in [5.41, 5.74) is 4.83. The molecular formula is C24H26N6O3S. The van der Waals surface area contributed by atoms with Gasteiger partial charge in [0.05, 0.1) is 5.75 Å². The normalized spacial score (nSPS) is 15.6. The number of hydrogen-bond donors (Lipinski definition) is 3. The summed E-state index contributed by atoms with van der Waals surface area (Å²) >= 11 is 1.28. The van der Waals surface area contributed by atoms with Gasteiger partial charge in [-0.05, 0) is 50.1 Å². The van der Waals surface area contributed by atoms with Crippen molar-refractivity contribution in [2.45, 2.75) is 44.8 Å². The van der Waals surface area contributed by atoms with Crippen LogP contribution >= 0.6 is 11.8 Å². The van der Waals surface area contributed by atoms with E-state index in [0.29, 0.717) is 17.4 Å². The van der Waals surface area contributed by atoms with Gasteiger partial charge in [0.25, 0.3) is 0 Å². The third-order valence-corrected chi connectivity index (χ3v) is 6.33. The van der Waals surface area contributed by atoms with E-state index in [2.05, 4.69) is 26.1 Å². The second-order valence-electron chi connectivity index (χ2n) is 8.36. The first-order valence-electron chi connectivity index (χ1n) is 10.9. The monoisotopic (exact) mass is 478 g/mol. The predicted molar refractivity (Wildman–Crippen MR) is 130 cm³/mol. The molecule has 4 rings (SSSR count). The molecule has 0 saturated carbocycles. The van der Waals surface area contributed by atoms with Gasteiger partial charge >= 0.3 is 6.03 Å². The highest BCUT2D eigenvalue weighted by Crippen LogP contribution is 2.25. The van der Waals surface area contributed by atoms with Crippen LogP contribution in [0.4, 0.5) is 10.5 Å². The third-order valence-electron chi connectivity index (χ3n) is 5.40. The molecule has 0 radical (unpaired) electrons. The zero-order valence-corrected chi connectivity index (χ0v) is 20.0. The molecule has 1 unspecified atom stereocenters. The number of anilines is 1. The Morgan fingerprint density at radius 3 is 2.65 bits per heavy atom. The molecule has 3 aromatic rings. The number of rotatable bonds is 7. The number of aryl methyl sites for hydroxylation is 3. The molecule has 10 heteroatoms. The Morgan fingerprint density at radius 1 is 1.12 bits per heavy atom. The number of carbonyl (C=O) groups excluding carboxylic acids is 3. The molecule has 0 aliphatic carbocycles. The quantitative estimate of drug-likeness (QED) is 0.449. The lowest BCUT2D eigenvalue weighted by atomic mass is 10.1. The van der Waals surface area contributed by atoms with Gasteiger partial charge in [0.2, 0.25) is 11.8 Å². The maximum Gasteiger partial charge on any atom is 0.321 e. The third kappa shape index (κ3) is 5.63. The largest absolute Gasteiger partial charge is 0.334 e. The number of nitrogens with one attached hydrogen (secondary N) is 3. The van der Waals surface area contributed by atoms with Crippen molar-refractivity contribution in [1.29, 1.82) is 0 Å². The topological polar surface area (TPSA) is 118 Å². The smallest absolute Gasteiger partial charge is 0.321 e. The number of imide groups is 1. The van der Waals surface area contributed by atoms with Crippen LogP contribution in [-0.2, 0) is 16.0 Å². The number of carbonyl (C=O) groups is 3. The van der Waals surface area contributed by atoms with Crippen molar-refractivity contribution in [2.24, 2.45) is 0 Å². The van der Waals surface area contributed by atoms with Gasteiger partial charge in [-0.25, -0.2) is 4.79 Å². The molecule has 2 heterocycles. The molecule has 4 amide bonds. The van der Waals surface area contributed by atoms with E-state index in [1.54, 1.807) is 0 Å². The number of hydrogen-bond acceptors (Lipinski definition) is 6. The molecular weight excluding hydrogens is 452 g/mol. The summed E-state index contributed by atoms with van der Waals surface area (Å²) < 4.78 is 1.88. The lowest BCUT2D eigenvalue weighted by molar-refractivity contribution is -0.121. The maximum absolute atomic E-state index is 12.6. The zero-order valence-electron chi connectivity index (χ0n) is 19.2. The Morgan fingerprint density at radius 2 is 1.91 bits per heavy atom. The van der Waals surface area contributed by atoms with Crippen LogP contribution in [0, 0.1) is 20.8 Å². The zero-order chi connectivity index (χ0) is 24.2. The minimum atomic E-state index is -0.513. The second-order valence-corrected chi connectivity index (χ2v) is 9.30. The summed E-state index contributed by atoms with van der Waals surface area (Å²) in [7, 11) is 0. The van der Waals surface area contributed by atoms with E-state index in [9.17, 15) is 14.4 Å². The first-order chi connectivity index (χ1) is 16.3. The first kappa shape index (κ1) is 23.5. The summed E-state index contributed by atoms with van der Waals surface area (Å²) in [6.45, 7) is 5.96. The van der Waals surface area contributed by atoms with Crippen molar-refractivity contribution >= 4 is 35.3 Å². The van der Waals surface area contributed by atoms with Crippen LogP contribution in [-0.4, -0.2) is 44.4 Å². The molecule has 2 aromatic carbocycles. The van der Waals surface area contributed by atoms with Crippen LogP contribution < -0.4 is 16.0 Å². The van der Waals surface area contributed by atoms with Gasteiger partial charge in [0, 0.05) is 30.3 Å². The van der Waals surface area contributed by atoms with Crippen LogP contribution in [0.3, 0.4) is 0 Å². The SMILES string of the molecule is Cc1cccc(-n2c(CC3CC(=O)NC(=O)N3)nnc2SCC(=O)Nc2ccc(C)cc2C)c1. The Bertz CT molecular complexity index is 1240. The molecule has 1 aliphatic heterocycles. The van der Waals surface area contributed by atoms with Gasteiger partial charge in [-0.2, -0.15) is 0 Å². The Hall–Kier alpha value is -3.66. The first-order valence-corrected chi connectivity index (χ1v) is 11.9. The standard InChI is InChI=1S/C24H26N6O3S/c1-14-5-4-6-18(10-14)30-20(11-17-12-21(31)27-23(33)25-17)28-29-24(30)34-13-22(32)26-19-8-7-15(2)9-16(19)3/h4-10,17H,11-13H2,1-3H3,(H,26,32)(H2,25,27,31,33). The second kappa shape index (κ2) is 10.1. The van der Waals surface area contributed by atoms with Crippen LogP contribution in [0.15, 0.2) is 47.6 Å². The number of thioether (sulfide) groups is 1. The number of nitrogens with zero attached hydrogens (tertiary/aromatic N) is 3. The van der Waals surface area contributed by atoms with Crippen molar-refractivity contribution in [2.75, 3.05) is 11.1 Å². The maximum atomic E-state index is 12.6. The fourth-order valence-corrected chi connectivity index (χ4v) is 4.61. The van der Waals surface area contributed by atoms with Crippen molar-refractivity contribution in [1.82, 2.24) is 25.4 Å². The summed E-state index contributed by atoms with van der Waals surface area (Å²) in [4.78, 5) is 36.1. The fraction of sp³-hybridized carbons (Fsp3) is 0.292. The highest BCUT2D eigenvalue weighted by atomic mass is 32.2. The summed E-state index contributed by atoms with van der Waals surface area (Å²) in [6.07, 6.45) is 0.489. The summed E-state index contributed by atoms with van der Waals surface area (Å²) in [6, 6.07) is 12.8. The Kier molecular flexibility index (Phi) is 6.97. The molecule has 1 atom stereocenters. The molecule has 9 nitrogen and oxygen atoms in total. The van der Waals surface area contributed by atoms with Gasteiger partial charge < -0.3 is 10.6 Å². The number of aromatic nitrogens is 3. The molecule has 176 valence electrons. The molecule has 1 fully saturated rings. The molecule has 1 aromatic heterocycles. The fourth-order valence-electron chi connectivity index (χ4n) is 3.84. The van der Waals surface area contributed by atoms with E-state index >= 15 is 0 Å². The van der Waals surface area contributed by atoms with Crippen molar-refractivity contribution < 1.29 is 14.4 Å². The average Bonchev–Trinajstić information content (AvgIpc) is 3.16. The number of urea groups is 1. The predicted octanol–water partition coefficient (Wildman–Crippen LogP) is 3.06. The van der Waals surface area contributed by atoms with E-state index in [1.165, 1.54) is 11.8 Å². The van der Waals surface area contributed by atoms with Crippen LogP contribution in [0.1, 0.15) is 28.9 Å². The molecule has 34 heavy (non-hydrogen) atoms. The van der Waals surface area contributed by atoms with Gasteiger partial charge in [0.1, 0.15) is 5.82 Å². The highest BCUT2D eigenvalue weighted by molar-refractivity contribution is 7.99. The average molecular weight is 479 g/mol. The molecule has 1 aliphatic rings. The number of amides is 4. The van der Waals surface area contributed by atoms with Crippen molar-refractivity contribution in [3.63, 3.8) is 0 Å². The molecule has 0 bridgehead atoms. The van der Waals surface area contributed by atoms with E-state index < -0.39 is 6.03 Å². The molecule has 3 N–H and O–H groups in total. The van der Waals surface area contributed by atoms with E-state index in [0.717, 1.165) is 28.1 Å². The Balaban J connectivity index is 1.54. The van der Waals surface area contributed by atoms with Gasteiger partial charge in [0.15, 0.2) is 5.16 Å². The van der Waals surface area contributed by atoms with E-state index in [-0.39, 0.29) is 30.0 Å². The number of benzene rings is 2. The van der Waals surface area contributed by atoms with Gasteiger partial charge in [-0.15, -0.1) is 10.2 Å². The molecule has 0 spiro atoms. The summed E-state index contributed by atoms with van der Waals surface area (Å²) in [5, 5.41) is 17.1. The van der Waals surface area contributed by atoms with Crippen LogP contribution in [0.25, 0.3) is 5.69 Å². The van der Waals surface area contributed by atoms with Crippen molar-refractivity contribution in [3.05, 3.63) is 65.0 Å².